The lowest BCUT2D eigenvalue weighted by atomic mass is 10.4. The maximum absolute atomic E-state index is 11.4. The van der Waals surface area contributed by atoms with Crippen molar-refractivity contribution in [3.05, 3.63) is 24.7 Å². The molecule has 2 N–H and O–H groups in total. The van der Waals surface area contributed by atoms with Gasteiger partial charge in [-0.25, -0.2) is 14.5 Å². The standard InChI is InChI=1S/C12H15N5O3/c1-2-3-7-20-12(19)15-9-8-13-11(16-10(9)18)17-6-4-5-14-17/h4-6,8H,2-3,7H2,1H3,(H,15,19)(H,13,16,18). The highest BCUT2D eigenvalue weighted by Crippen LogP contribution is 2.19. The third kappa shape index (κ3) is 3.44. The zero-order valence-corrected chi connectivity index (χ0v) is 11.0. The van der Waals surface area contributed by atoms with Gasteiger partial charge in [0.05, 0.1) is 12.8 Å². The number of aromatic nitrogens is 4. The molecular formula is C12H15N5O3. The Hall–Kier alpha value is -2.64. The van der Waals surface area contributed by atoms with E-state index >= 15 is 0 Å². The third-order valence-corrected chi connectivity index (χ3v) is 2.43. The molecule has 2 aromatic rings. The summed E-state index contributed by atoms with van der Waals surface area (Å²) in [5, 5.41) is 16.1. The monoisotopic (exact) mass is 277 g/mol. The summed E-state index contributed by atoms with van der Waals surface area (Å²) in [6, 6.07) is 1.71. The second-order valence-corrected chi connectivity index (χ2v) is 3.97. The third-order valence-electron chi connectivity index (χ3n) is 2.43. The quantitative estimate of drug-likeness (QED) is 0.807. The number of carbonyl (C=O) groups is 1. The SMILES string of the molecule is CCCCOC(=O)Nc1cnc(-n2cccn2)nc1O. The molecule has 0 aliphatic carbocycles. The van der Waals surface area contributed by atoms with Crippen LogP contribution in [-0.2, 0) is 4.74 Å². The van der Waals surface area contributed by atoms with E-state index in [0.29, 0.717) is 6.61 Å². The van der Waals surface area contributed by atoms with Crippen molar-refractivity contribution in [3.63, 3.8) is 0 Å². The van der Waals surface area contributed by atoms with Crippen molar-refractivity contribution in [3.8, 4) is 11.8 Å². The molecule has 0 saturated heterocycles. The fraction of sp³-hybridized carbons (Fsp3) is 0.333. The highest BCUT2D eigenvalue weighted by atomic mass is 16.5. The maximum atomic E-state index is 11.4. The van der Waals surface area contributed by atoms with Crippen LogP contribution >= 0.6 is 0 Å². The normalized spacial score (nSPS) is 10.2. The number of hydrogen-bond acceptors (Lipinski definition) is 6. The van der Waals surface area contributed by atoms with Gasteiger partial charge >= 0.3 is 6.09 Å². The molecule has 0 radical (unpaired) electrons. The Labute approximate surface area is 115 Å². The molecule has 20 heavy (non-hydrogen) atoms. The molecule has 0 atom stereocenters. The van der Waals surface area contributed by atoms with Gasteiger partial charge in [0.15, 0.2) is 0 Å². The van der Waals surface area contributed by atoms with Crippen LogP contribution in [-0.4, -0.2) is 37.6 Å². The van der Waals surface area contributed by atoms with Crippen molar-refractivity contribution in [2.45, 2.75) is 19.8 Å². The maximum Gasteiger partial charge on any atom is 0.411 e. The molecule has 106 valence electrons. The summed E-state index contributed by atoms with van der Waals surface area (Å²) in [6.07, 6.45) is 5.57. The van der Waals surface area contributed by atoms with Gasteiger partial charge in [-0.3, -0.25) is 5.32 Å². The van der Waals surface area contributed by atoms with E-state index in [2.05, 4.69) is 20.4 Å². The van der Waals surface area contributed by atoms with Gasteiger partial charge in [0.1, 0.15) is 5.69 Å². The molecule has 0 aliphatic heterocycles. The fourth-order valence-electron chi connectivity index (χ4n) is 1.40. The summed E-state index contributed by atoms with van der Waals surface area (Å²) in [5.41, 5.74) is 0.0856. The van der Waals surface area contributed by atoms with Crippen molar-refractivity contribution >= 4 is 11.8 Å². The summed E-state index contributed by atoms with van der Waals surface area (Å²) < 4.78 is 6.30. The van der Waals surface area contributed by atoms with Crippen LogP contribution < -0.4 is 5.32 Å². The number of nitrogens with one attached hydrogen (secondary N) is 1. The van der Waals surface area contributed by atoms with Gasteiger partial charge in [0, 0.05) is 12.4 Å². The molecular weight excluding hydrogens is 262 g/mol. The molecule has 0 fully saturated rings. The summed E-state index contributed by atoms with van der Waals surface area (Å²) in [5.74, 6) is -0.143. The van der Waals surface area contributed by atoms with E-state index in [-0.39, 0.29) is 17.5 Å². The minimum atomic E-state index is -0.649. The van der Waals surface area contributed by atoms with Crippen molar-refractivity contribution in [1.82, 2.24) is 19.7 Å². The van der Waals surface area contributed by atoms with Gasteiger partial charge in [-0.05, 0) is 12.5 Å². The zero-order chi connectivity index (χ0) is 14.4. The van der Waals surface area contributed by atoms with Crippen LogP contribution in [0.4, 0.5) is 10.5 Å². The topological polar surface area (TPSA) is 102 Å². The predicted octanol–water partition coefficient (Wildman–Crippen LogP) is 1.72. The van der Waals surface area contributed by atoms with E-state index in [0.717, 1.165) is 12.8 Å². The van der Waals surface area contributed by atoms with Crippen molar-refractivity contribution in [2.75, 3.05) is 11.9 Å². The van der Waals surface area contributed by atoms with E-state index < -0.39 is 6.09 Å². The molecule has 2 heterocycles. The molecule has 0 spiro atoms. The molecule has 0 aliphatic rings. The van der Waals surface area contributed by atoms with Crippen molar-refractivity contribution in [2.24, 2.45) is 0 Å². The molecule has 0 aromatic carbocycles. The average Bonchev–Trinajstić information content (AvgIpc) is 2.95. The lowest BCUT2D eigenvalue weighted by Crippen LogP contribution is -2.15. The molecule has 0 bridgehead atoms. The summed E-state index contributed by atoms with van der Waals surface area (Å²) in [4.78, 5) is 19.3. The van der Waals surface area contributed by atoms with E-state index in [4.69, 9.17) is 4.74 Å². The molecule has 8 nitrogen and oxygen atoms in total. The molecule has 8 heteroatoms. The van der Waals surface area contributed by atoms with Gasteiger partial charge in [-0.2, -0.15) is 10.1 Å². The summed E-state index contributed by atoms with van der Waals surface area (Å²) in [7, 11) is 0. The first-order valence-corrected chi connectivity index (χ1v) is 6.20. The first-order valence-electron chi connectivity index (χ1n) is 6.20. The van der Waals surface area contributed by atoms with Gasteiger partial charge < -0.3 is 9.84 Å². The van der Waals surface area contributed by atoms with Crippen LogP contribution in [0.15, 0.2) is 24.7 Å². The van der Waals surface area contributed by atoms with Crippen molar-refractivity contribution in [1.29, 1.82) is 0 Å². The predicted molar refractivity (Wildman–Crippen MR) is 70.7 cm³/mol. The number of aromatic hydroxyl groups is 1. The molecule has 0 unspecified atom stereocenters. The summed E-state index contributed by atoms with van der Waals surface area (Å²) >= 11 is 0. The van der Waals surface area contributed by atoms with E-state index in [1.54, 1.807) is 18.5 Å². The Balaban J connectivity index is 2.01. The van der Waals surface area contributed by atoms with Gasteiger partial charge in [-0.1, -0.05) is 13.3 Å². The van der Waals surface area contributed by atoms with Crippen LogP contribution in [0.25, 0.3) is 5.95 Å². The minimum Gasteiger partial charge on any atom is -0.492 e. The lowest BCUT2D eigenvalue weighted by Gasteiger charge is -2.08. The second kappa shape index (κ2) is 6.50. The average molecular weight is 277 g/mol. The van der Waals surface area contributed by atoms with Crippen LogP contribution in [0.5, 0.6) is 5.88 Å². The molecule has 2 aromatic heterocycles. The number of unbranched alkanes of at least 4 members (excludes halogenated alkanes) is 1. The Morgan fingerprint density at radius 3 is 3.05 bits per heavy atom. The van der Waals surface area contributed by atoms with Crippen LogP contribution in [0, 0.1) is 0 Å². The smallest absolute Gasteiger partial charge is 0.411 e. The first kappa shape index (κ1) is 13.8. The number of ether oxygens (including phenoxy) is 1. The Kier molecular flexibility index (Phi) is 4.48. The van der Waals surface area contributed by atoms with Gasteiger partial charge in [0.25, 0.3) is 5.95 Å². The number of anilines is 1. The first-order chi connectivity index (χ1) is 9.70. The number of rotatable bonds is 5. The Morgan fingerprint density at radius 1 is 1.55 bits per heavy atom. The second-order valence-electron chi connectivity index (χ2n) is 3.97. The highest BCUT2D eigenvalue weighted by Gasteiger charge is 2.11. The number of carbonyl (C=O) groups excluding carboxylic acids is 1. The molecule has 1 amide bonds. The highest BCUT2D eigenvalue weighted by molar-refractivity contribution is 5.85. The van der Waals surface area contributed by atoms with E-state index in [1.165, 1.54) is 10.9 Å². The van der Waals surface area contributed by atoms with Gasteiger partial charge in [-0.15, -0.1) is 0 Å². The number of nitrogens with zero attached hydrogens (tertiary/aromatic N) is 4. The zero-order valence-electron chi connectivity index (χ0n) is 11.0. The minimum absolute atomic E-state index is 0.0856. The van der Waals surface area contributed by atoms with Crippen LogP contribution in [0.2, 0.25) is 0 Å². The molecule has 0 saturated carbocycles. The van der Waals surface area contributed by atoms with Crippen LogP contribution in [0.1, 0.15) is 19.8 Å². The molecule has 2 rings (SSSR count). The lowest BCUT2D eigenvalue weighted by molar-refractivity contribution is 0.159. The van der Waals surface area contributed by atoms with E-state index in [9.17, 15) is 9.90 Å². The largest absolute Gasteiger partial charge is 0.492 e. The summed E-state index contributed by atoms with van der Waals surface area (Å²) in [6.45, 7) is 2.32. The number of amides is 1. The van der Waals surface area contributed by atoms with Gasteiger partial charge in [0.2, 0.25) is 5.88 Å². The Morgan fingerprint density at radius 2 is 2.40 bits per heavy atom. The Bertz CT molecular complexity index is 570. The van der Waals surface area contributed by atoms with E-state index in [1.807, 2.05) is 6.92 Å². The van der Waals surface area contributed by atoms with Crippen molar-refractivity contribution < 1.29 is 14.6 Å². The fourth-order valence-corrected chi connectivity index (χ4v) is 1.40. The van der Waals surface area contributed by atoms with Crippen LogP contribution in [0.3, 0.4) is 0 Å². The number of hydrogen-bond donors (Lipinski definition) is 2.